The Morgan fingerprint density at radius 2 is 1.41 bits per heavy atom. The lowest BCUT2D eigenvalue weighted by atomic mass is 10.2. The molecular formula is C24H20N4O4S2. The predicted octanol–water partition coefficient (Wildman–Crippen LogP) is 4.38. The van der Waals surface area contributed by atoms with Crippen molar-refractivity contribution in [1.29, 1.82) is 0 Å². The van der Waals surface area contributed by atoms with Gasteiger partial charge < -0.3 is 5.32 Å². The van der Waals surface area contributed by atoms with E-state index in [1.165, 1.54) is 23.5 Å². The topological polar surface area (TPSA) is 117 Å². The van der Waals surface area contributed by atoms with Gasteiger partial charge in [0.15, 0.2) is 5.13 Å². The Bertz CT molecular complexity index is 1410. The summed E-state index contributed by atoms with van der Waals surface area (Å²) in [6.07, 6.45) is -0.0442. The number of carbonyl (C=O) groups is 2. The Kier molecular flexibility index (Phi) is 7.00. The van der Waals surface area contributed by atoms with Crippen molar-refractivity contribution in [2.24, 2.45) is 0 Å². The standard InChI is InChI=1S/C24H20N4O4S2/c29-22(15-18-16-33-24(25-18)27-23(30)17-9-3-1-4-10-17)26-20-13-7-8-14-21(20)28-34(31,32)19-11-5-2-6-12-19/h1-14,16,28H,15H2,(H,26,29)(H,25,27,30). The van der Waals surface area contributed by atoms with E-state index in [2.05, 4.69) is 20.3 Å². The summed E-state index contributed by atoms with van der Waals surface area (Å²) < 4.78 is 27.8. The van der Waals surface area contributed by atoms with E-state index in [1.807, 2.05) is 6.07 Å². The maximum atomic E-state index is 12.7. The Balaban J connectivity index is 1.40. The zero-order chi connectivity index (χ0) is 24.0. The van der Waals surface area contributed by atoms with Crippen LogP contribution in [0.4, 0.5) is 16.5 Å². The molecule has 3 N–H and O–H groups in total. The van der Waals surface area contributed by atoms with Crippen molar-refractivity contribution in [2.75, 3.05) is 15.4 Å². The van der Waals surface area contributed by atoms with Gasteiger partial charge >= 0.3 is 0 Å². The molecule has 0 radical (unpaired) electrons. The van der Waals surface area contributed by atoms with Crippen LogP contribution in [0.2, 0.25) is 0 Å². The Labute approximate surface area is 200 Å². The summed E-state index contributed by atoms with van der Waals surface area (Å²) in [5.41, 5.74) is 1.55. The van der Waals surface area contributed by atoms with Crippen LogP contribution in [0.5, 0.6) is 0 Å². The summed E-state index contributed by atoms with van der Waals surface area (Å²) in [5.74, 6) is -0.664. The number of carbonyl (C=O) groups excluding carboxylic acids is 2. The van der Waals surface area contributed by atoms with E-state index in [9.17, 15) is 18.0 Å². The average molecular weight is 493 g/mol. The molecule has 10 heteroatoms. The van der Waals surface area contributed by atoms with Crippen molar-refractivity contribution in [3.63, 3.8) is 0 Å². The Hall–Kier alpha value is -4.02. The molecule has 0 atom stereocenters. The van der Waals surface area contributed by atoms with E-state index >= 15 is 0 Å². The summed E-state index contributed by atoms with van der Waals surface area (Å²) in [4.78, 5) is 29.3. The molecule has 3 aromatic carbocycles. The van der Waals surface area contributed by atoms with Crippen molar-refractivity contribution in [3.05, 3.63) is 102 Å². The molecule has 0 fully saturated rings. The third kappa shape index (κ3) is 5.85. The van der Waals surface area contributed by atoms with Crippen molar-refractivity contribution in [3.8, 4) is 0 Å². The minimum Gasteiger partial charge on any atom is -0.324 e. The van der Waals surface area contributed by atoms with Crippen molar-refractivity contribution >= 4 is 49.7 Å². The maximum Gasteiger partial charge on any atom is 0.261 e. The van der Waals surface area contributed by atoms with Gasteiger partial charge in [-0.05, 0) is 36.4 Å². The number of rotatable bonds is 8. The fourth-order valence-electron chi connectivity index (χ4n) is 3.05. The molecule has 172 valence electrons. The van der Waals surface area contributed by atoms with Crippen LogP contribution in [0, 0.1) is 0 Å². The van der Waals surface area contributed by atoms with Crippen LogP contribution in [-0.2, 0) is 21.2 Å². The average Bonchev–Trinajstić information content (AvgIpc) is 3.27. The maximum absolute atomic E-state index is 12.7. The highest BCUT2D eigenvalue weighted by Crippen LogP contribution is 2.25. The molecule has 2 amide bonds. The number of nitrogens with zero attached hydrogens (tertiary/aromatic N) is 1. The van der Waals surface area contributed by atoms with Gasteiger partial charge in [0, 0.05) is 10.9 Å². The van der Waals surface area contributed by atoms with Crippen LogP contribution in [0.1, 0.15) is 16.1 Å². The van der Waals surface area contributed by atoms with Gasteiger partial charge in [-0.15, -0.1) is 11.3 Å². The lowest BCUT2D eigenvalue weighted by molar-refractivity contribution is -0.115. The van der Waals surface area contributed by atoms with E-state index in [4.69, 9.17) is 0 Å². The molecule has 4 rings (SSSR count). The first-order chi connectivity index (χ1) is 16.4. The molecule has 0 saturated heterocycles. The molecule has 0 aliphatic rings. The number of benzene rings is 3. The first kappa shape index (κ1) is 23.1. The number of hydrogen-bond donors (Lipinski definition) is 3. The largest absolute Gasteiger partial charge is 0.324 e. The fraction of sp³-hybridized carbons (Fsp3) is 0.0417. The SMILES string of the molecule is O=C(Cc1csc(NC(=O)c2ccccc2)n1)Nc1ccccc1NS(=O)(=O)c1ccccc1. The normalized spacial score (nSPS) is 10.9. The molecular weight excluding hydrogens is 472 g/mol. The van der Waals surface area contributed by atoms with Gasteiger partial charge in [-0.25, -0.2) is 13.4 Å². The van der Waals surface area contributed by atoms with Gasteiger partial charge in [0.1, 0.15) is 0 Å². The van der Waals surface area contributed by atoms with Crippen LogP contribution in [0.25, 0.3) is 0 Å². The summed E-state index contributed by atoms with van der Waals surface area (Å²) in [5, 5.41) is 7.50. The third-order valence-electron chi connectivity index (χ3n) is 4.65. The zero-order valence-corrected chi connectivity index (χ0v) is 19.4. The number of hydrogen-bond acceptors (Lipinski definition) is 6. The summed E-state index contributed by atoms with van der Waals surface area (Å²) in [6, 6.07) is 23.2. The number of anilines is 3. The van der Waals surface area contributed by atoms with E-state index in [0.717, 1.165) is 0 Å². The minimum atomic E-state index is -3.81. The molecule has 1 aromatic heterocycles. The summed E-state index contributed by atoms with van der Waals surface area (Å²) in [7, 11) is -3.81. The van der Waals surface area contributed by atoms with Crippen molar-refractivity contribution in [2.45, 2.75) is 11.3 Å². The molecule has 0 saturated carbocycles. The predicted molar refractivity (Wildman–Crippen MR) is 133 cm³/mol. The highest BCUT2D eigenvalue weighted by molar-refractivity contribution is 7.92. The van der Waals surface area contributed by atoms with Crippen LogP contribution in [-0.4, -0.2) is 25.2 Å². The molecule has 1 heterocycles. The van der Waals surface area contributed by atoms with Gasteiger partial charge in [0.25, 0.3) is 15.9 Å². The van der Waals surface area contributed by atoms with Gasteiger partial charge in [0.2, 0.25) is 5.91 Å². The Morgan fingerprint density at radius 3 is 2.12 bits per heavy atom. The Morgan fingerprint density at radius 1 is 0.794 bits per heavy atom. The van der Waals surface area contributed by atoms with Gasteiger partial charge in [-0.2, -0.15) is 0 Å². The first-order valence-electron chi connectivity index (χ1n) is 10.2. The minimum absolute atomic E-state index is 0.0442. The number of aromatic nitrogens is 1. The quantitative estimate of drug-likeness (QED) is 0.338. The second kappa shape index (κ2) is 10.3. The smallest absolute Gasteiger partial charge is 0.261 e. The van der Waals surface area contributed by atoms with Crippen LogP contribution < -0.4 is 15.4 Å². The molecule has 8 nitrogen and oxygen atoms in total. The highest BCUT2D eigenvalue weighted by Gasteiger charge is 2.17. The molecule has 34 heavy (non-hydrogen) atoms. The molecule has 0 bridgehead atoms. The zero-order valence-electron chi connectivity index (χ0n) is 17.8. The molecule has 0 aliphatic carbocycles. The first-order valence-corrected chi connectivity index (χ1v) is 12.5. The van der Waals surface area contributed by atoms with Crippen LogP contribution >= 0.6 is 11.3 Å². The number of nitrogens with one attached hydrogen (secondary N) is 3. The summed E-state index contributed by atoms with van der Waals surface area (Å²) in [6.45, 7) is 0. The third-order valence-corrected chi connectivity index (χ3v) is 6.84. The van der Waals surface area contributed by atoms with Gasteiger partial charge in [-0.3, -0.25) is 19.6 Å². The molecule has 0 unspecified atom stereocenters. The van der Waals surface area contributed by atoms with Crippen molar-refractivity contribution < 1.29 is 18.0 Å². The van der Waals surface area contributed by atoms with Crippen molar-refractivity contribution in [1.82, 2.24) is 4.98 Å². The lowest BCUT2D eigenvalue weighted by Gasteiger charge is -2.13. The summed E-state index contributed by atoms with van der Waals surface area (Å²) >= 11 is 1.21. The van der Waals surface area contributed by atoms with Gasteiger partial charge in [0.05, 0.1) is 28.4 Å². The highest BCUT2D eigenvalue weighted by atomic mass is 32.2. The van der Waals surface area contributed by atoms with E-state index in [-0.39, 0.29) is 28.8 Å². The van der Waals surface area contributed by atoms with Crippen LogP contribution in [0.3, 0.4) is 0 Å². The number of amides is 2. The van der Waals surface area contributed by atoms with E-state index < -0.39 is 10.0 Å². The lowest BCUT2D eigenvalue weighted by Crippen LogP contribution is -2.18. The van der Waals surface area contributed by atoms with E-state index in [1.54, 1.807) is 72.1 Å². The number of para-hydroxylation sites is 2. The van der Waals surface area contributed by atoms with Gasteiger partial charge in [-0.1, -0.05) is 48.5 Å². The second-order valence-electron chi connectivity index (χ2n) is 7.15. The monoisotopic (exact) mass is 492 g/mol. The molecule has 0 spiro atoms. The number of thiazole rings is 1. The fourth-order valence-corrected chi connectivity index (χ4v) is 4.85. The molecule has 0 aliphatic heterocycles. The van der Waals surface area contributed by atoms with E-state index in [0.29, 0.717) is 22.1 Å². The number of sulfonamides is 1. The second-order valence-corrected chi connectivity index (χ2v) is 9.69. The molecule has 4 aromatic rings. The van der Waals surface area contributed by atoms with Crippen LogP contribution in [0.15, 0.2) is 95.2 Å².